The normalized spacial score (nSPS) is 14.3. The molecule has 2 atom stereocenters. The Labute approximate surface area is 117 Å². The number of benzene rings is 2. The van der Waals surface area contributed by atoms with Crippen molar-refractivity contribution >= 4 is 28.3 Å². The van der Waals surface area contributed by atoms with Gasteiger partial charge in [-0.3, -0.25) is 10.1 Å². The number of primary amides is 1. The second-order valence-corrected chi connectivity index (χ2v) is 5.10. The zero-order chi connectivity index (χ0) is 14.0. The van der Waals surface area contributed by atoms with Gasteiger partial charge in [0.25, 0.3) is 0 Å². The van der Waals surface area contributed by atoms with Gasteiger partial charge in [0.2, 0.25) is 5.91 Å². The molecule has 3 N–H and O–H groups in total. The molecule has 2 rings (SSSR count). The quantitative estimate of drug-likeness (QED) is 0.902. The average Bonchev–Trinajstić information content (AvgIpc) is 2.39. The number of carbonyl (C=O) groups excluding carboxylic acids is 1. The van der Waals surface area contributed by atoms with Crippen LogP contribution < -0.4 is 11.1 Å². The number of amides is 1. The van der Waals surface area contributed by atoms with Gasteiger partial charge in [0.15, 0.2) is 0 Å². The molecule has 1 amide bonds. The molecule has 0 saturated heterocycles. The number of rotatable bonds is 4. The highest BCUT2D eigenvalue weighted by Crippen LogP contribution is 2.29. The predicted octanol–water partition coefficient (Wildman–Crippen LogP) is 3.02. The van der Waals surface area contributed by atoms with Gasteiger partial charge in [-0.05, 0) is 30.9 Å². The molecule has 19 heavy (non-hydrogen) atoms. The first kappa shape index (κ1) is 13.8. The first-order chi connectivity index (χ1) is 9.00. The molecule has 100 valence electrons. The summed E-state index contributed by atoms with van der Waals surface area (Å²) in [5.74, 6) is -0.356. The van der Waals surface area contributed by atoms with Crippen LogP contribution in [0, 0.1) is 0 Å². The SMILES string of the molecule is CC(NC(C)c1ccc(Cl)c2ccccc12)C(N)=O. The third kappa shape index (κ3) is 2.88. The molecule has 2 aromatic rings. The van der Waals surface area contributed by atoms with E-state index in [1.165, 1.54) is 0 Å². The number of halogens is 1. The molecule has 4 heteroatoms. The van der Waals surface area contributed by atoms with Crippen molar-refractivity contribution < 1.29 is 4.79 Å². The van der Waals surface area contributed by atoms with Crippen LogP contribution in [-0.2, 0) is 4.79 Å². The molecular formula is C15H17ClN2O. The van der Waals surface area contributed by atoms with Crippen LogP contribution in [0.15, 0.2) is 36.4 Å². The minimum absolute atomic E-state index is 0.0182. The monoisotopic (exact) mass is 276 g/mol. The highest BCUT2D eigenvalue weighted by Gasteiger charge is 2.15. The highest BCUT2D eigenvalue weighted by molar-refractivity contribution is 6.35. The van der Waals surface area contributed by atoms with Gasteiger partial charge >= 0.3 is 0 Å². The molecule has 0 aliphatic heterocycles. The van der Waals surface area contributed by atoms with E-state index in [4.69, 9.17) is 17.3 Å². The lowest BCUT2D eigenvalue weighted by molar-refractivity contribution is -0.119. The second-order valence-electron chi connectivity index (χ2n) is 4.69. The number of hydrogen-bond acceptors (Lipinski definition) is 2. The Kier molecular flexibility index (Phi) is 4.08. The van der Waals surface area contributed by atoms with E-state index in [0.29, 0.717) is 0 Å². The lowest BCUT2D eigenvalue weighted by atomic mass is 9.99. The highest BCUT2D eigenvalue weighted by atomic mass is 35.5. The molecular weight excluding hydrogens is 260 g/mol. The smallest absolute Gasteiger partial charge is 0.234 e. The van der Waals surface area contributed by atoms with Gasteiger partial charge < -0.3 is 5.73 Å². The van der Waals surface area contributed by atoms with E-state index in [0.717, 1.165) is 21.4 Å². The van der Waals surface area contributed by atoms with Crippen molar-refractivity contribution in [3.8, 4) is 0 Å². The molecule has 0 bridgehead atoms. The Morgan fingerprint density at radius 2 is 1.79 bits per heavy atom. The summed E-state index contributed by atoms with van der Waals surface area (Å²) in [7, 11) is 0. The zero-order valence-electron chi connectivity index (χ0n) is 11.0. The van der Waals surface area contributed by atoms with Crippen molar-refractivity contribution in [3.05, 3.63) is 47.0 Å². The van der Waals surface area contributed by atoms with Crippen molar-refractivity contribution in [1.82, 2.24) is 5.32 Å². The summed E-state index contributed by atoms with van der Waals surface area (Å²) in [6.45, 7) is 3.77. The van der Waals surface area contributed by atoms with Gasteiger partial charge in [0.05, 0.1) is 6.04 Å². The van der Waals surface area contributed by atoms with E-state index in [1.54, 1.807) is 6.92 Å². The summed E-state index contributed by atoms with van der Waals surface area (Å²) < 4.78 is 0. The van der Waals surface area contributed by atoms with Crippen LogP contribution >= 0.6 is 11.6 Å². The Balaban J connectivity index is 2.40. The lowest BCUT2D eigenvalue weighted by Gasteiger charge is -2.20. The molecule has 2 aromatic carbocycles. The van der Waals surface area contributed by atoms with Crippen molar-refractivity contribution in [2.24, 2.45) is 5.73 Å². The van der Waals surface area contributed by atoms with E-state index in [2.05, 4.69) is 5.32 Å². The third-order valence-corrected chi connectivity index (χ3v) is 3.63. The van der Waals surface area contributed by atoms with E-state index < -0.39 is 0 Å². The number of fused-ring (bicyclic) bond motifs is 1. The molecule has 0 aliphatic carbocycles. The van der Waals surface area contributed by atoms with Gasteiger partial charge in [0, 0.05) is 16.5 Å². The van der Waals surface area contributed by atoms with E-state index in [9.17, 15) is 4.79 Å². The first-order valence-corrected chi connectivity index (χ1v) is 6.61. The summed E-state index contributed by atoms with van der Waals surface area (Å²) in [4.78, 5) is 11.1. The molecule has 0 aliphatic rings. The lowest BCUT2D eigenvalue weighted by Crippen LogP contribution is -2.40. The first-order valence-electron chi connectivity index (χ1n) is 6.23. The fraction of sp³-hybridized carbons (Fsp3) is 0.267. The molecule has 0 spiro atoms. The van der Waals surface area contributed by atoms with Gasteiger partial charge in [-0.15, -0.1) is 0 Å². The van der Waals surface area contributed by atoms with Crippen LogP contribution in [0.25, 0.3) is 10.8 Å². The summed E-state index contributed by atoms with van der Waals surface area (Å²) in [6.07, 6.45) is 0. The summed E-state index contributed by atoms with van der Waals surface area (Å²) >= 11 is 6.20. The second kappa shape index (κ2) is 5.59. The van der Waals surface area contributed by atoms with Gasteiger partial charge in [-0.2, -0.15) is 0 Å². The van der Waals surface area contributed by atoms with Crippen LogP contribution in [0.4, 0.5) is 0 Å². The number of hydrogen-bond donors (Lipinski definition) is 2. The number of carbonyl (C=O) groups is 1. The van der Waals surface area contributed by atoms with Gasteiger partial charge in [-0.1, -0.05) is 41.9 Å². The molecule has 0 radical (unpaired) electrons. The summed E-state index contributed by atoms with van der Waals surface area (Å²) in [5, 5.41) is 6.03. The fourth-order valence-corrected chi connectivity index (χ4v) is 2.44. The summed E-state index contributed by atoms with van der Waals surface area (Å²) in [5.41, 5.74) is 6.38. The Hall–Kier alpha value is -1.58. The van der Waals surface area contributed by atoms with E-state index >= 15 is 0 Å². The Morgan fingerprint density at radius 3 is 2.42 bits per heavy atom. The largest absolute Gasteiger partial charge is 0.368 e. The minimum Gasteiger partial charge on any atom is -0.368 e. The molecule has 2 unspecified atom stereocenters. The summed E-state index contributed by atoms with van der Waals surface area (Å²) in [6, 6.07) is 11.5. The van der Waals surface area contributed by atoms with Crippen molar-refractivity contribution in [1.29, 1.82) is 0 Å². The van der Waals surface area contributed by atoms with Crippen LogP contribution in [0.1, 0.15) is 25.5 Å². The average molecular weight is 277 g/mol. The fourth-order valence-electron chi connectivity index (χ4n) is 2.21. The number of nitrogens with two attached hydrogens (primary N) is 1. The topological polar surface area (TPSA) is 55.1 Å². The maximum atomic E-state index is 11.1. The van der Waals surface area contributed by atoms with Crippen molar-refractivity contribution in [2.75, 3.05) is 0 Å². The minimum atomic E-state index is -0.371. The van der Waals surface area contributed by atoms with Crippen molar-refractivity contribution in [2.45, 2.75) is 25.9 Å². The number of nitrogens with one attached hydrogen (secondary N) is 1. The molecule has 3 nitrogen and oxygen atoms in total. The van der Waals surface area contributed by atoms with Gasteiger partial charge in [-0.25, -0.2) is 0 Å². The maximum Gasteiger partial charge on any atom is 0.234 e. The maximum absolute atomic E-state index is 11.1. The van der Waals surface area contributed by atoms with Crippen LogP contribution in [0.2, 0.25) is 5.02 Å². The molecule has 0 aromatic heterocycles. The van der Waals surface area contributed by atoms with Crippen LogP contribution in [0.5, 0.6) is 0 Å². The Bertz CT molecular complexity index is 612. The molecule has 0 heterocycles. The zero-order valence-corrected chi connectivity index (χ0v) is 11.7. The third-order valence-electron chi connectivity index (χ3n) is 3.30. The van der Waals surface area contributed by atoms with Crippen LogP contribution in [-0.4, -0.2) is 11.9 Å². The molecule has 0 fully saturated rings. The standard InChI is InChI=1S/C15H17ClN2O/c1-9(18-10(2)15(17)19)11-7-8-14(16)13-6-4-3-5-12(11)13/h3-10,18H,1-2H3,(H2,17,19). The van der Waals surface area contributed by atoms with Crippen LogP contribution in [0.3, 0.4) is 0 Å². The Morgan fingerprint density at radius 1 is 1.16 bits per heavy atom. The predicted molar refractivity (Wildman–Crippen MR) is 79.2 cm³/mol. The van der Waals surface area contributed by atoms with E-state index in [1.807, 2.05) is 43.3 Å². The molecule has 0 saturated carbocycles. The van der Waals surface area contributed by atoms with Crippen molar-refractivity contribution in [3.63, 3.8) is 0 Å². The van der Waals surface area contributed by atoms with Gasteiger partial charge in [0.1, 0.15) is 0 Å². The van der Waals surface area contributed by atoms with E-state index in [-0.39, 0.29) is 18.0 Å².